The second-order valence-corrected chi connectivity index (χ2v) is 3.78. The molecule has 1 N–H and O–H groups in total. The summed E-state index contributed by atoms with van der Waals surface area (Å²) in [4.78, 5) is 4.52. The number of quaternary nitrogens is 1. The first-order valence-electron chi connectivity index (χ1n) is 4.67. The van der Waals surface area contributed by atoms with E-state index in [9.17, 15) is 4.57 Å². The van der Waals surface area contributed by atoms with Crippen molar-refractivity contribution >= 4 is 14.1 Å². The van der Waals surface area contributed by atoms with Crippen LogP contribution in [0.3, 0.4) is 0 Å². The fourth-order valence-electron chi connectivity index (χ4n) is 0.710. The molecule has 0 aromatic rings. The number of nitrogens with zero attached hydrogens (tertiary/aromatic N) is 2. The third kappa shape index (κ3) is 9.44. The van der Waals surface area contributed by atoms with Crippen LogP contribution >= 0.6 is 7.92 Å². The zero-order valence-electron chi connectivity index (χ0n) is 9.41. The van der Waals surface area contributed by atoms with Crippen molar-refractivity contribution in [2.24, 2.45) is 5.16 Å². The summed E-state index contributed by atoms with van der Waals surface area (Å²) in [6.45, 7) is 0.644. The van der Waals surface area contributed by atoms with E-state index >= 15 is 0 Å². The van der Waals surface area contributed by atoms with Gasteiger partial charge < -0.3 is 4.84 Å². The Balaban J connectivity index is 0.000000288. The van der Waals surface area contributed by atoms with Crippen molar-refractivity contribution in [2.45, 2.75) is 0 Å². The Morgan fingerprint density at radius 3 is 2.81 bits per heavy atom. The van der Waals surface area contributed by atoms with E-state index in [0.717, 1.165) is 0 Å². The molecule has 5 nitrogen and oxygen atoms in total. The van der Waals surface area contributed by atoms with E-state index in [2.05, 4.69) is 15.7 Å². The summed E-state index contributed by atoms with van der Waals surface area (Å²) < 4.78 is 10.3. The van der Waals surface area contributed by atoms with Crippen LogP contribution in [0.4, 0.5) is 0 Å². The Kier molecular flexibility index (Phi) is 8.49. The first-order chi connectivity index (χ1) is 7.62. The minimum atomic E-state index is -0.105. The van der Waals surface area contributed by atoms with Gasteiger partial charge in [-0.25, -0.2) is 0 Å². The van der Waals surface area contributed by atoms with Crippen LogP contribution in [0.2, 0.25) is 0 Å². The zero-order chi connectivity index (χ0) is 12.3. The molecule has 0 saturated carbocycles. The van der Waals surface area contributed by atoms with Crippen LogP contribution in [-0.4, -0.2) is 43.1 Å². The SMILES string of the molecule is C1=CC=NOC=C1.C[N+](C)(C#P=O)CCO. The summed E-state index contributed by atoms with van der Waals surface area (Å²) in [5.41, 5.74) is 0. The number of aliphatic hydroxyl groups excluding tert-OH is 1. The van der Waals surface area contributed by atoms with Crippen LogP contribution in [0.15, 0.2) is 29.6 Å². The van der Waals surface area contributed by atoms with Crippen LogP contribution in [-0.2, 0) is 9.40 Å². The average Bonchev–Trinajstić information content (AvgIpc) is 2.49. The van der Waals surface area contributed by atoms with Crippen LogP contribution in [0, 0.1) is 5.75 Å². The topological polar surface area (TPSA) is 58.9 Å². The molecule has 0 aromatic carbocycles. The van der Waals surface area contributed by atoms with Gasteiger partial charge in [-0.05, 0) is 12.2 Å². The van der Waals surface area contributed by atoms with E-state index in [1.165, 1.54) is 6.26 Å². The maximum absolute atomic E-state index is 9.98. The molecule has 88 valence electrons. The molecule has 0 unspecified atom stereocenters. The number of allylic oxidation sites excluding steroid dienone is 3. The van der Waals surface area contributed by atoms with E-state index in [1.807, 2.05) is 20.2 Å². The molecule has 1 heterocycles. The van der Waals surface area contributed by atoms with Gasteiger partial charge in [-0.2, -0.15) is 0 Å². The van der Waals surface area contributed by atoms with Crippen molar-refractivity contribution in [3.8, 4) is 5.75 Å². The van der Waals surface area contributed by atoms with Gasteiger partial charge in [0.15, 0.2) is 0 Å². The quantitative estimate of drug-likeness (QED) is 0.588. The summed E-state index contributed by atoms with van der Waals surface area (Å²) in [5, 5.41) is 11.9. The van der Waals surface area contributed by atoms with E-state index in [4.69, 9.17) is 5.11 Å². The maximum atomic E-state index is 9.98. The van der Waals surface area contributed by atoms with Crippen molar-refractivity contribution in [3.63, 3.8) is 0 Å². The Bertz CT molecular complexity index is 355. The molecule has 0 saturated heterocycles. The number of oxime groups is 1. The van der Waals surface area contributed by atoms with Gasteiger partial charge in [-0.15, -0.1) is 0 Å². The minimum absolute atomic E-state index is 0.0928. The Morgan fingerprint density at radius 2 is 2.19 bits per heavy atom. The van der Waals surface area contributed by atoms with Gasteiger partial charge in [-0.1, -0.05) is 11.2 Å². The van der Waals surface area contributed by atoms with E-state index < -0.39 is 0 Å². The van der Waals surface area contributed by atoms with Crippen molar-refractivity contribution in [3.05, 3.63) is 24.5 Å². The molecule has 1 aliphatic rings. The van der Waals surface area contributed by atoms with Gasteiger partial charge in [0, 0.05) is 0 Å². The Labute approximate surface area is 96.4 Å². The molecule has 0 spiro atoms. The summed E-state index contributed by atoms with van der Waals surface area (Å²) in [7, 11) is 3.54. The number of likely N-dealkylation sites (N-methyl/N-ethyl adjacent to an activating group) is 1. The van der Waals surface area contributed by atoms with Crippen LogP contribution in [0.25, 0.3) is 0 Å². The molecule has 0 bridgehead atoms. The molecule has 0 atom stereocenters. The Morgan fingerprint density at radius 1 is 1.44 bits per heavy atom. The van der Waals surface area contributed by atoms with Gasteiger partial charge >= 0.3 is 55.1 Å². The summed E-state index contributed by atoms with van der Waals surface area (Å²) in [6.07, 6.45) is 8.51. The molecule has 16 heavy (non-hydrogen) atoms. The second-order valence-electron chi connectivity index (χ2n) is 3.40. The molecule has 6 heteroatoms. The van der Waals surface area contributed by atoms with Crippen molar-refractivity contribution in [2.75, 3.05) is 27.2 Å². The van der Waals surface area contributed by atoms with Crippen LogP contribution in [0.1, 0.15) is 0 Å². The van der Waals surface area contributed by atoms with Gasteiger partial charge in [0.2, 0.25) is 0 Å². The fourth-order valence-corrected chi connectivity index (χ4v) is 1.03. The van der Waals surface area contributed by atoms with Crippen molar-refractivity contribution < 1.29 is 19.0 Å². The van der Waals surface area contributed by atoms with Crippen molar-refractivity contribution in [1.29, 1.82) is 0 Å². The van der Waals surface area contributed by atoms with E-state index in [-0.39, 0.29) is 14.5 Å². The average molecular weight is 243 g/mol. The molecular formula is C10H16N2O3P+. The molecule has 0 fully saturated rings. The Hall–Kier alpha value is -1.12. The second kappa shape index (κ2) is 9.13. The summed E-state index contributed by atoms with van der Waals surface area (Å²) in [5.74, 6) is 2.62. The fraction of sp³-hybridized carbons (Fsp3) is 0.400. The predicted molar refractivity (Wildman–Crippen MR) is 63.4 cm³/mol. The summed E-state index contributed by atoms with van der Waals surface area (Å²) in [6, 6.07) is 0. The van der Waals surface area contributed by atoms with Crippen molar-refractivity contribution in [1.82, 2.24) is 0 Å². The molecule has 0 amide bonds. The summed E-state index contributed by atoms with van der Waals surface area (Å²) >= 11 is 0. The normalized spacial score (nSPS) is 12.9. The van der Waals surface area contributed by atoms with Crippen LogP contribution in [0.5, 0.6) is 0 Å². The molecule has 1 rings (SSSR count). The number of hydrogen-bond acceptors (Lipinski definition) is 4. The predicted octanol–water partition coefficient (Wildman–Crippen LogP) is 1.34. The first-order valence-corrected chi connectivity index (χ1v) is 5.48. The van der Waals surface area contributed by atoms with Gasteiger partial charge in [-0.3, -0.25) is 0 Å². The molecule has 0 aromatic heterocycles. The van der Waals surface area contributed by atoms with Gasteiger partial charge in [0.1, 0.15) is 6.26 Å². The molecule has 1 aliphatic heterocycles. The number of hydrogen-bond donors (Lipinski definition) is 1. The first kappa shape index (κ1) is 14.9. The van der Waals surface area contributed by atoms with Gasteiger partial charge in [0.05, 0.1) is 6.21 Å². The zero-order valence-corrected chi connectivity index (χ0v) is 10.3. The molecular weight excluding hydrogens is 227 g/mol. The van der Waals surface area contributed by atoms with E-state index in [0.29, 0.717) is 11.0 Å². The number of rotatable bonds is 2. The van der Waals surface area contributed by atoms with Gasteiger partial charge in [0.25, 0.3) is 0 Å². The molecule has 0 radical (unpaired) electrons. The van der Waals surface area contributed by atoms with Crippen LogP contribution < -0.4 is 0 Å². The third-order valence-corrected chi connectivity index (χ3v) is 2.16. The monoisotopic (exact) mass is 243 g/mol. The standard InChI is InChI=1S/C5H11NO2P.C5H5NO/c1-6(2,3-4-7)5-9-8;1-2-4-6-7-5-3-1/h7H,3-4H2,1-2H3;1-5H/q+1;. The van der Waals surface area contributed by atoms with E-state index in [1.54, 1.807) is 18.4 Å². The number of aliphatic hydroxyl groups is 1. The molecule has 0 aliphatic carbocycles. The third-order valence-electron chi connectivity index (χ3n) is 1.54.